The van der Waals surface area contributed by atoms with Crippen molar-refractivity contribution < 1.29 is 23.4 Å². The minimum Gasteiger partial charge on any atom is -0.493 e. The quantitative estimate of drug-likeness (QED) is 0.282. The highest BCUT2D eigenvalue weighted by Crippen LogP contribution is 2.39. The average Bonchev–Trinajstić information content (AvgIpc) is 3.25. The van der Waals surface area contributed by atoms with Crippen LogP contribution in [0.15, 0.2) is 65.1 Å². The number of aromatic nitrogens is 1. The SMILES string of the molecule is COc1cc(/C=C(\C(=O)c2ccc(C)cc2)c2nc3ccccc3o2)cc(OC)c1OC. The monoisotopic (exact) mass is 429 g/mol. The molecule has 0 bridgehead atoms. The number of aryl methyl sites for hydroxylation is 1. The summed E-state index contributed by atoms with van der Waals surface area (Å²) in [7, 11) is 4.63. The molecule has 32 heavy (non-hydrogen) atoms. The summed E-state index contributed by atoms with van der Waals surface area (Å²) in [6, 6.07) is 18.3. The van der Waals surface area contributed by atoms with E-state index in [4.69, 9.17) is 18.6 Å². The predicted octanol–water partition coefficient (Wildman–Crippen LogP) is 5.59. The first kappa shape index (κ1) is 21.2. The van der Waals surface area contributed by atoms with Crippen LogP contribution in [0.3, 0.4) is 0 Å². The minimum absolute atomic E-state index is 0.203. The van der Waals surface area contributed by atoms with Gasteiger partial charge in [0, 0.05) is 5.56 Å². The number of hydrogen-bond donors (Lipinski definition) is 0. The molecule has 162 valence electrons. The number of Topliss-reactive ketones (excluding diaryl/α,β-unsaturated/α-hetero) is 1. The van der Waals surface area contributed by atoms with E-state index in [9.17, 15) is 4.79 Å². The Kier molecular flexibility index (Phi) is 5.94. The number of fused-ring (bicyclic) bond motifs is 1. The summed E-state index contributed by atoms with van der Waals surface area (Å²) in [6.07, 6.45) is 1.72. The van der Waals surface area contributed by atoms with Gasteiger partial charge in [-0.15, -0.1) is 0 Å². The van der Waals surface area contributed by atoms with Crippen LogP contribution in [0, 0.1) is 6.92 Å². The molecule has 0 N–H and O–H groups in total. The zero-order chi connectivity index (χ0) is 22.7. The zero-order valence-electron chi connectivity index (χ0n) is 18.3. The van der Waals surface area contributed by atoms with Crippen molar-refractivity contribution in [2.45, 2.75) is 6.92 Å². The lowest BCUT2D eigenvalue weighted by atomic mass is 9.99. The van der Waals surface area contributed by atoms with Crippen LogP contribution < -0.4 is 14.2 Å². The lowest BCUT2D eigenvalue weighted by Crippen LogP contribution is -2.03. The third kappa shape index (κ3) is 4.07. The van der Waals surface area contributed by atoms with E-state index < -0.39 is 0 Å². The van der Waals surface area contributed by atoms with E-state index in [0.29, 0.717) is 45.0 Å². The molecule has 0 atom stereocenters. The summed E-state index contributed by atoms with van der Waals surface area (Å²) >= 11 is 0. The molecule has 0 unspecified atom stereocenters. The molecule has 0 radical (unpaired) electrons. The van der Waals surface area contributed by atoms with E-state index in [-0.39, 0.29) is 11.7 Å². The average molecular weight is 429 g/mol. The van der Waals surface area contributed by atoms with Gasteiger partial charge in [-0.25, -0.2) is 4.98 Å². The molecule has 3 aromatic carbocycles. The maximum atomic E-state index is 13.5. The first-order valence-electron chi connectivity index (χ1n) is 10.0. The first-order valence-corrected chi connectivity index (χ1v) is 10.0. The second-order valence-corrected chi connectivity index (χ2v) is 7.20. The highest BCUT2D eigenvalue weighted by molar-refractivity contribution is 6.31. The second kappa shape index (κ2) is 8.98. The van der Waals surface area contributed by atoms with Gasteiger partial charge in [0.25, 0.3) is 0 Å². The third-order valence-electron chi connectivity index (χ3n) is 5.08. The largest absolute Gasteiger partial charge is 0.493 e. The molecule has 0 saturated carbocycles. The number of para-hydroxylation sites is 2. The number of rotatable bonds is 7. The van der Waals surface area contributed by atoms with Gasteiger partial charge in [-0.05, 0) is 42.8 Å². The number of ether oxygens (including phenoxy) is 3. The number of ketones is 1. The molecule has 6 heteroatoms. The van der Waals surface area contributed by atoms with Gasteiger partial charge in [-0.1, -0.05) is 42.0 Å². The number of carbonyl (C=O) groups is 1. The van der Waals surface area contributed by atoms with Crippen LogP contribution >= 0.6 is 0 Å². The van der Waals surface area contributed by atoms with Gasteiger partial charge in [0.2, 0.25) is 11.6 Å². The Hall–Kier alpha value is -4.06. The van der Waals surface area contributed by atoms with E-state index in [1.54, 1.807) is 51.7 Å². The smallest absolute Gasteiger partial charge is 0.231 e. The van der Waals surface area contributed by atoms with Crippen molar-refractivity contribution in [2.75, 3.05) is 21.3 Å². The molecule has 4 rings (SSSR count). The fourth-order valence-electron chi connectivity index (χ4n) is 3.42. The van der Waals surface area contributed by atoms with E-state index in [1.807, 2.05) is 43.3 Å². The van der Waals surface area contributed by atoms with Crippen LogP contribution in [-0.4, -0.2) is 32.1 Å². The van der Waals surface area contributed by atoms with Crippen molar-refractivity contribution >= 4 is 28.5 Å². The van der Waals surface area contributed by atoms with Gasteiger partial charge in [0.1, 0.15) is 5.52 Å². The maximum absolute atomic E-state index is 13.5. The van der Waals surface area contributed by atoms with E-state index in [2.05, 4.69) is 4.98 Å². The number of hydrogen-bond acceptors (Lipinski definition) is 6. The van der Waals surface area contributed by atoms with Gasteiger partial charge >= 0.3 is 0 Å². The predicted molar refractivity (Wildman–Crippen MR) is 123 cm³/mol. The number of allylic oxidation sites excluding steroid dienone is 1. The summed E-state index contributed by atoms with van der Waals surface area (Å²) in [4.78, 5) is 18.1. The molecule has 0 aliphatic heterocycles. The molecule has 1 heterocycles. The van der Waals surface area contributed by atoms with Crippen molar-refractivity contribution in [3.63, 3.8) is 0 Å². The highest BCUT2D eigenvalue weighted by Gasteiger charge is 2.21. The van der Waals surface area contributed by atoms with Crippen molar-refractivity contribution in [3.8, 4) is 17.2 Å². The molecule has 0 aliphatic carbocycles. The minimum atomic E-state index is -0.203. The van der Waals surface area contributed by atoms with Crippen LogP contribution in [0.2, 0.25) is 0 Å². The molecule has 6 nitrogen and oxygen atoms in total. The van der Waals surface area contributed by atoms with Crippen molar-refractivity contribution in [1.82, 2.24) is 4.98 Å². The van der Waals surface area contributed by atoms with Crippen LogP contribution in [0.4, 0.5) is 0 Å². The first-order chi connectivity index (χ1) is 15.5. The fourth-order valence-corrected chi connectivity index (χ4v) is 3.42. The van der Waals surface area contributed by atoms with Gasteiger partial charge < -0.3 is 18.6 Å². The van der Waals surface area contributed by atoms with Gasteiger partial charge in [0.05, 0.1) is 26.9 Å². The molecule has 0 saturated heterocycles. The summed E-state index contributed by atoms with van der Waals surface area (Å²) in [5.74, 6) is 1.48. The van der Waals surface area contributed by atoms with Crippen molar-refractivity contribution in [1.29, 1.82) is 0 Å². The molecular weight excluding hydrogens is 406 g/mol. The highest BCUT2D eigenvalue weighted by atomic mass is 16.5. The van der Waals surface area contributed by atoms with Crippen molar-refractivity contribution in [2.24, 2.45) is 0 Å². The van der Waals surface area contributed by atoms with Crippen LogP contribution in [0.5, 0.6) is 17.2 Å². The van der Waals surface area contributed by atoms with E-state index in [0.717, 1.165) is 5.56 Å². The van der Waals surface area contributed by atoms with E-state index in [1.165, 1.54) is 0 Å². The second-order valence-electron chi connectivity index (χ2n) is 7.20. The molecule has 0 fully saturated rings. The summed E-state index contributed by atoms with van der Waals surface area (Å²) in [6.45, 7) is 1.97. The van der Waals surface area contributed by atoms with Crippen LogP contribution in [0.1, 0.15) is 27.4 Å². The Balaban J connectivity index is 1.90. The number of nitrogens with zero attached hydrogens (tertiary/aromatic N) is 1. The Morgan fingerprint density at radius 1 is 0.906 bits per heavy atom. The molecule has 0 amide bonds. The van der Waals surface area contributed by atoms with Gasteiger partial charge in [-0.2, -0.15) is 0 Å². The molecule has 1 aromatic heterocycles. The third-order valence-corrected chi connectivity index (χ3v) is 5.08. The zero-order valence-corrected chi connectivity index (χ0v) is 18.3. The van der Waals surface area contributed by atoms with E-state index >= 15 is 0 Å². The van der Waals surface area contributed by atoms with Crippen LogP contribution in [-0.2, 0) is 0 Å². The van der Waals surface area contributed by atoms with Crippen molar-refractivity contribution in [3.05, 3.63) is 83.2 Å². The Labute approximate surface area is 186 Å². The standard InChI is InChI=1S/C26H23NO5/c1-16-9-11-18(12-10-16)24(28)19(26-27-20-7-5-6-8-21(20)32-26)13-17-14-22(29-2)25(31-4)23(15-17)30-3/h5-15H,1-4H3/b19-13+. The lowest BCUT2D eigenvalue weighted by molar-refractivity contribution is 0.105. The summed E-state index contributed by atoms with van der Waals surface area (Å²) in [5.41, 5.74) is 3.89. The molecule has 4 aromatic rings. The topological polar surface area (TPSA) is 70.8 Å². The number of carbonyl (C=O) groups excluding carboxylic acids is 1. The Bertz CT molecular complexity index is 1240. The fraction of sp³-hybridized carbons (Fsp3) is 0.154. The number of methoxy groups -OCH3 is 3. The Morgan fingerprint density at radius 2 is 1.56 bits per heavy atom. The van der Waals surface area contributed by atoms with Gasteiger partial charge in [0.15, 0.2) is 22.9 Å². The number of benzene rings is 3. The molecular formula is C26H23NO5. The summed E-state index contributed by atoms with van der Waals surface area (Å²) < 4.78 is 22.3. The lowest BCUT2D eigenvalue weighted by Gasteiger charge is -2.13. The maximum Gasteiger partial charge on any atom is 0.231 e. The summed E-state index contributed by atoms with van der Waals surface area (Å²) in [5, 5.41) is 0. The molecule has 0 aliphatic rings. The normalized spacial score (nSPS) is 11.4. The Morgan fingerprint density at radius 3 is 2.16 bits per heavy atom. The molecule has 0 spiro atoms. The van der Waals surface area contributed by atoms with Crippen LogP contribution in [0.25, 0.3) is 22.7 Å². The number of oxazole rings is 1. The van der Waals surface area contributed by atoms with Gasteiger partial charge in [-0.3, -0.25) is 4.79 Å².